The number of nitrogens with one attached hydrogen (secondary N) is 2. The average molecular weight is 551 g/mol. The lowest BCUT2D eigenvalue weighted by molar-refractivity contribution is 0.122. The van der Waals surface area contributed by atoms with E-state index in [0.717, 1.165) is 67.9 Å². The molecule has 0 radical (unpaired) electrons. The molecule has 0 unspecified atom stereocenters. The highest BCUT2D eigenvalue weighted by molar-refractivity contribution is 7.16. The van der Waals surface area contributed by atoms with Crippen LogP contribution < -0.4 is 19.9 Å². The SMILES string of the molecule is N=C(NO)c1ccc(OCCCCCOc2ccc(-c3nc(N4CCOCC4)sc3C3CCCC3)cc2)cc1. The molecule has 5 rings (SSSR count). The van der Waals surface area contributed by atoms with E-state index in [1.807, 2.05) is 16.8 Å². The Labute approximate surface area is 234 Å². The van der Waals surface area contributed by atoms with Gasteiger partial charge >= 0.3 is 0 Å². The Balaban J connectivity index is 1.08. The van der Waals surface area contributed by atoms with E-state index in [0.29, 0.717) is 24.7 Å². The van der Waals surface area contributed by atoms with E-state index >= 15 is 0 Å². The molecule has 0 bridgehead atoms. The van der Waals surface area contributed by atoms with E-state index in [-0.39, 0.29) is 5.84 Å². The Morgan fingerprint density at radius 1 is 0.949 bits per heavy atom. The number of nitrogens with zero attached hydrogens (tertiary/aromatic N) is 2. The first-order chi connectivity index (χ1) is 19.2. The predicted molar refractivity (Wildman–Crippen MR) is 155 cm³/mol. The van der Waals surface area contributed by atoms with Crippen molar-refractivity contribution in [3.63, 3.8) is 0 Å². The standard InChI is InChI=1S/C30H38N4O4S/c31-29(33-35)24-10-14-26(15-11-24)38-19-5-1-4-18-37-25-12-8-22(9-13-25)27-28(23-6-2-3-7-23)39-30(32-27)34-16-20-36-21-17-34/h8-15,23,35H,1-7,16-21H2,(H2,31,33). The molecule has 0 amide bonds. The first-order valence-corrected chi connectivity index (χ1v) is 14.8. The van der Waals surface area contributed by atoms with Crippen LogP contribution in [0.1, 0.15) is 61.3 Å². The van der Waals surface area contributed by atoms with E-state index < -0.39 is 0 Å². The maximum absolute atomic E-state index is 8.80. The van der Waals surface area contributed by atoms with Crippen molar-refractivity contribution in [3.8, 4) is 22.8 Å². The molecular formula is C30H38N4O4S. The van der Waals surface area contributed by atoms with Gasteiger partial charge < -0.3 is 19.1 Å². The lowest BCUT2D eigenvalue weighted by Crippen LogP contribution is -2.36. The van der Waals surface area contributed by atoms with Crippen molar-refractivity contribution in [2.45, 2.75) is 50.9 Å². The molecule has 0 spiro atoms. The van der Waals surface area contributed by atoms with E-state index in [4.69, 9.17) is 29.8 Å². The smallest absolute Gasteiger partial charge is 0.186 e. The highest BCUT2D eigenvalue weighted by Gasteiger charge is 2.26. The van der Waals surface area contributed by atoms with Crippen LogP contribution >= 0.6 is 11.3 Å². The maximum atomic E-state index is 8.80. The van der Waals surface area contributed by atoms with Crippen molar-refractivity contribution in [2.75, 3.05) is 44.4 Å². The van der Waals surface area contributed by atoms with Gasteiger partial charge in [-0.3, -0.25) is 16.1 Å². The summed E-state index contributed by atoms with van der Waals surface area (Å²) in [5.74, 6) is 2.24. The summed E-state index contributed by atoms with van der Waals surface area (Å²) in [4.78, 5) is 8.95. The normalized spacial score (nSPS) is 15.9. The number of unbranched alkanes of at least 4 members (excludes halogenated alkanes) is 2. The zero-order valence-electron chi connectivity index (χ0n) is 22.4. The molecule has 2 heterocycles. The van der Waals surface area contributed by atoms with Gasteiger partial charge in [0.1, 0.15) is 17.3 Å². The first-order valence-electron chi connectivity index (χ1n) is 14.0. The average Bonchev–Trinajstić information content (AvgIpc) is 3.68. The molecule has 1 aliphatic carbocycles. The van der Waals surface area contributed by atoms with Crippen LogP contribution in [0.25, 0.3) is 11.3 Å². The van der Waals surface area contributed by atoms with Crippen molar-refractivity contribution >= 4 is 22.3 Å². The third-order valence-corrected chi connectivity index (χ3v) is 8.64. The van der Waals surface area contributed by atoms with Crippen LogP contribution in [0.5, 0.6) is 11.5 Å². The number of ether oxygens (including phenoxy) is 3. The van der Waals surface area contributed by atoms with Crippen molar-refractivity contribution in [1.29, 1.82) is 5.41 Å². The molecule has 2 aliphatic rings. The summed E-state index contributed by atoms with van der Waals surface area (Å²) >= 11 is 1.88. The first kappa shape index (κ1) is 27.4. The number of hydrogen-bond acceptors (Lipinski definition) is 8. The van der Waals surface area contributed by atoms with Gasteiger partial charge in [0.25, 0.3) is 0 Å². The summed E-state index contributed by atoms with van der Waals surface area (Å²) in [7, 11) is 0. The molecule has 1 aromatic heterocycles. The van der Waals surface area contributed by atoms with Crippen molar-refractivity contribution in [2.24, 2.45) is 0 Å². The number of benzene rings is 2. The van der Waals surface area contributed by atoms with E-state index in [1.54, 1.807) is 24.3 Å². The van der Waals surface area contributed by atoms with Crippen molar-refractivity contribution < 1.29 is 19.4 Å². The summed E-state index contributed by atoms with van der Waals surface area (Å²) in [6.07, 6.45) is 8.09. The number of morpholine rings is 1. The van der Waals surface area contributed by atoms with Crippen molar-refractivity contribution in [3.05, 3.63) is 59.0 Å². The number of hydrogen-bond donors (Lipinski definition) is 3. The maximum Gasteiger partial charge on any atom is 0.186 e. The Bertz CT molecular complexity index is 1190. The fourth-order valence-corrected chi connectivity index (χ4v) is 6.44. The predicted octanol–water partition coefficient (Wildman–Crippen LogP) is 6.24. The highest BCUT2D eigenvalue weighted by Crippen LogP contribution is 2.44. The van der Waals surface area contributed by atoms with Crippen LogP contribution in [0, 0.1) is 5.41 Å². The van der Waals surface area contributed by atoms with E-state index in [1.165, 1.54) is 36.1 Å². The molecule has 1 saturated heterocycles. The van der Waals surface area contributed by atoms with Gasteiger partial charge in [-0.25, -0.2) is 4.98 Å². The summed E-state index contributed by atoms with van der Waals surface area (Å²) in [5.41, 5.74) is 4.77. The third-order valence-electron chi connectivity index (χ3n) is 7.36. The van der Waals surface area contributed by atoms with Gasteiger partial charge in [-0.1, -0.05) is 12.8 Å². The largest absolute Gasteiger partial charge is 0.494 e. The Morgan fingerprint density at radius 2 is 1.56 bits per heavy atom. The van der Waals surface area contributed by atoms with Crippen LogP contribution in [0.2, 0.25) is 0 Å². The van der Waals surface area contributed by atoms with Crippen LogP contribution in [0.15, 0.2) is 48.5 Å². The van der Waals surface area contributed by atoms with E-state index in [2.05, 4.69) is 29.2 Å². The van der Waals surface area contributed by atoms with Gasteiger partial charge in [-0.05, 0) is 86.6 Å². The molecule has 208 valence electrons. The number of rotatable bonds is 12. The molecule has 1 aliphatic heterocycles. The monoisotopic (exact) mass is 550 g/mol. The number of thiazole rings is 1. The Hall–Kier alpha value is -3.14. The summed E-state index contributed by atoms with van der Waals surface area (Å²) < 4.78 is 17.3. The molecule has 1 saturated carbocycles. The van der Waals surface area contributed by atoms with Gasteiger partial charge in [0.2, 0.25) is 0 Å². The van der Waals surface area contributed by atoms with Crippen LogP contribution in [0.4, 0.5) is 5.13 Å². The molecule has 3 aromatic rings. The van der Waals surface area contributed by atoms with Gasteiger partial charge in [0.15, 0.2) is 5.13 Å². The van der Waals surface area contributed by atoms with Crippen molar-refractivity contribution in [1.82, 2.24) is 10.5 Å². The zero-order valence-corrected chi connectivity index (χ0v) is 23.2. The topological polar surface area (TPSA) is 99.9 Å². The molecular weight excluding hydrogens is 512 g/mol. The molecule has 2 fully saturated rings. The fraction of sp³-hybridized carbons (Fsp3) is 0.467. The minimum absolute atomic E-state index is 0.0361. The lowest BCUT2D eigenvalue weighted by Gasteiger charge is -2.26. The molecule has 39 heavy (non-hydrogen) atoms. The van der Waals surface area contributed by atoms with Crippen LogP contribution in [-0.2, 0) is 4.74 Å². The van der Waals surface area contributed by atoms with Gasteiger partial charge in [0.05, 0.1) is 32.1 Å². The molecule has 0 atom stereocenters. The Kier molecular flexibility index (Phi) is 9.69. The second-order valence-corrected chi connectivity index (χ2v) is 11.1. The third kappa shape index (κ3) is 7.29. The molecule has 3 N–H and O–H groups in total. The number of amidine groups is 1. The Morgan fingerprint density at radius 3 is 2.18 bits per heavy atom. The summed E-state index contributed by atoms with van der Waals surface area (Å²) in [5, 5.41) is 17.5. The fourth-order valence-electron chi connectivity index (χ4n) is 5.13. The minimum Gasteiger partial charge on any atom is -0.494 e. The van der Waals surface area contributed by atoms with Crippen LogP contribution in [0.3, 0.4) is 0 Å². The van der Waals surface area contributed by atoms with Gasteiger partial charge in [-0.15, -0.1) is 11.3 Å². The molecule has 2 aromatic carbocycles. The molecule has 8 nitrogen and oxygen atoms in total. The summed E-state index contributed by atoms with van der Waals surface area (Å²) in [6.45, 7) is 4.69. The minimum atomic E-state index is -0.0361. The quantitative estimate of drug-likeness (QED) is 0.106. The van der Waals surface area contributed by atoms with Gasteiger partial charge in [0, 0.05) is 29.1 Å². The van der Waals surface area contributed by atoms with E-state index in [9.17, 15) is 0 Å². The number of hydroxylamine groups is 1. The van der Waals surface area contributed by atoms with Crippen LogP contribution in [-0.4, -0.2) is 55.5 Å². The number of aromatic nitrogens is 1. The molecule has 9 heteroatoms. The number of anilines is 1. The second kappa shape index (κ2) is 13.8. The highest BCUT2D eigenvalue weighted by atomic mass is 32.1. The van der Waals surface area contributed by atoms with Gasteiger partial charge in [-0.2, -0.15) is 0 Å². The lowest BCUT2D eigenvalue weighted by atomic mass is 10.0. The second-order valence-electron chi connectivity index (χ2n) is 10.1. The summed E-state index contributed by atoms with van der Waals surface area (Å²) in [6, 6.07) is 15.5. The zero-order chi connectivity index (χ0) is 26.9.